The molecule has 116 valence electrons. The van der Waals surface area contributed by atoms with Crippen molar-refractivity contribution in [3.63, 3.8) is 0 Å². The number of hydrogen-bond acceptors (Lipinski definition) is 8. The van der Waals surface area contributed by atoms with Crippen LogP contribution < -0.4 is 16.0 Å². The van der Waals surface area contributed by atoms with Gasteiger partial charge in [-0.1, -0.05) is 0 Å². The number of nitrogen functional groups attached to an aromatic ring is 1. The predicted molar refractivity (Wildman–Crippen MR) is 81.1 cm³/mol. The summed E-state index contributed by atoms with van der Waals surface area (Å²) in [5.41, 5.74) is 6.39. The molecule has 1 aromatic rings. The summed E-state index contributed by atoms with van der Waals surface area (Å²) in [6.07, 6.45) is 0. The third kappa shape index (κ3) is 3.11. The van der Waals surface area contributed by atoms with Gasteiger partial charge in [-0.05, 0) is 6.92 Å². The second-order valence-electron chi connectivity index (χ2n) is 4.47. The first-order valence-electron chi connectivity index (χ1n) is 6.73. The van der Waals surface area contributed by atoms with Gasteiger partial charge in [0.05, 0.1) is 19.4 Å². The molecule has 0 unspecified atom stereocenters. The molecule has 0 radical (unpaired) electrons. The predicted octanol–water partition coefficient (Wildman–Crippen LogP) is 0.703. The van der Waals surface area contributed by atoms with Crippen LogP contribution in [0.25, 0.3) is 0 Å². The summed E-state index contributed by atoms with van der Waals surface area (Å²) < 4.78 is 9.78. The Balaban J connectivity index is 2.45. The molecule has 1 saturated heterocycles. The zero-order valence-electron chi connectivity index (χ0n) is 12.1. The highest BCUT2D eigenvalue weighted by atomic mass is 32.1. The molecule has 3 N–H and O–H groups in total. The molecule has 0 bridgehead atoms. The number of nitrogens with zero attached hydrogens (tertiary/aromatic N) is 1. The minimum absolute atomic E-state index is 0.138. The van der Waals surface area contributed by atoms with E-state index in [0.717, 1.165) is 26.2 Å². The number of piperazine rings is 1. The van der Waals surface area contributed by atoms with E-state index < -0.39 is 11.9 Å². The molecule has 0 aromatic carbocycles. The molecule has 1 aliphatic heterocycles. The fourth-order valence-electron chi connectivity index (χ4n) is 2.17. The maximum absolute atomic E-state index is 12.2. The third-order valence-corrected chi connectivity index (χ3v) is 4.43. The Morgan fingerprint density at radius 1 is 1.33 bits per heavy atom. The fraction of sp³-hybridized carbons (Fsp3) is 0.538. The minimum Gasteiger partial charge on any atom is -0.465 e. The number of methoxy groups -OCH3 is 1. The minimum atomic E-state index is -0.538. The van der Waals surface area contributed by atoms with Crippen molar-refractivity contribution < 1.29 is 19.1 Å². The van der Waals surface area contributed by atoms with Crippen LogP contribution in [0.4, 0.5) is 10.7 Å². The van der Waals surface area contributed by atoms with Crippen LogP contribution in [0.5, 0.6) is 0 Å². The van der Waals surface area contributed by atoms with Gasteiger partial charge in [0, 0.05) is 26.2 Å². The van der Waals surface area contributed by atoms with E-state index in [4.69, 9.17) is 15.2 Å². The van der Waals surface area contributed by atoms with Crippen molar-refractivity contribution in [2.24, 2.45) is 0 Å². The summed E-state index contributed by atoms with van der Waals surface area (Å²) in [5, 5.41) is 3.91. The van der Waals surface area contributed by atoms with Gasteiger partial charge in [-0.15, -0.1) is 11.3 Å². The number of carbonyl (C=O) groups is 2. The average molecular weight is 313 g/mol. The van der Waals surface area contributed by atoms with Gasteiger partial charge in [0.2, 0.25) is 0 Å². The quantitative estimate of drug-likeness (QED) is 0.790. The first-order valence-corrected chi connectivity index (χ1v) is 7.55. The van der Waals surface area contributed by atoms with Gasteiger partial charge in [-0.2, -0.15) is 0 Å². The van der Waals surface area contributed by atoms with Crippen molar-refractivity contribution in [2.45, 2.75) is 6.92 Å². The maximum Gasteiger partial charge on any atom is 0.350 e. The van der Waals surface area contributed by atoms with E-state index >= 15 is 0 Å². The Labute approximate surface area is 127 Å². The zero-order chi connectivity index (χ0) is 15.4. The topological polar surface area (TPSA) is 93.9 Å². The second kappa shape index (κ2) is 6.77. The van der Waals surface area contributed by atoms with E-state index in [2.05, 4.69) is 5.32 Å². The highest BCUT2D eigenvalue weighted by Gasteiger charge is 2.30. The number of rotatable bonds is 4. The largest absolute Gasteiger partial charge is 0.465 e. The van der Waals surface area contributed by atoms with Crippen LogP contribution in [0, 0.1) is 0 Å². The normalized spacial score (nSPS) is 14.9. The Morgan fingerprint density at radius 3 is 2.57 bits per heavy atom. The van der Waals surface area contributed by atoms with Gasteiger partial charge in [-0.25, -0.2) is 9.59 Å². The molecule has 21 heavy (non-hydrogen) atoms. The Bertz CT molecular complexity index is 538. The van der Waals surface area contributed by atoms with Gasteiger partial charge < -0.3 is 25.4 Å². The monoisotopic (exact) mass is 313 g/mol. The molecule has 1 fully saturated rings. The first kappa shape index (κ1) is 15.6. The van der Waals surface area contributed by atoms with Gasteiger partial charge in [0.25, 0.3) is 0 Å². The smallest absolute Gasteiger partial charge is 0.350 e. The van der Waals surface area contributed by atoms with E-state index in [1.54, 1.807) is 6.92 Å². The highest BCUT2D eigenvalue weighted by molar-refractivity contribution is 7.19. The Hall–Kier alpha value is -1.80. The Kier molecular flexibility index (Phi) is 5.03. The number of esters is 2. The number of nitrogens with one attached hydrogen (secondary N) is 1. The molecule has 0 atom stereocenters. The maximum atomic E-state index is 12.2. The van der Waals surface area contributed by atoms with Gasteiger partial charge in [0.1, 0.15) is 15.4 Å². The summed E-state index contributed by atoms with van der Waals surface area (Å²) >= 11 is 1.18. The second-order valence-corrected chi connectivity index (χ2v) is 5.47. The molecule has 2 heterocycles. The molecular weight excluding hydrogens is 294 g/mol. The lowest BCUT2D eigenvalue weighted by atomic mass is 10.2. The lowest BCUT2D eigenvalue weighted by Gasteiger charge is -2.28. The summed E-state index contributed by atoms with van der Waals surface area (Å²) in [6, 6.07) is 0. The highest BCUT2D eigenvalue weighted by Crippen LogP contribution is 2.39. The fourth-order valence-corrected chi connectivity index (χ4v) is 3.35. The van der Waals surface area contributed by atoms with Gasteiger partial charge in [0.15, 0.2) is 0 Å². The van der Waals surface area contributed by atoms with E-state index in [-0.39, 0.29) is 22.7 Å². The van der Waals surface area contributed by atoms with Crippen LogP contribution in [0.3, 0.4) is 0 Å². The zero-order valence-corrected chi connectivity index (χ0v) is 12.9. The number of ether oxygens (including phenoxy) is 2. The summed E-state index contributed by atoms with van der Waals surface area (Å²) in [5.74, 6) is -1.04. The van der Waals surface area contributed by atoms with Crippen LogP contribution in [-0.2, 0) is 9.47 Å². The number of nitrogens with two attached hydrogens (primary N) is 1. The summed E-state index contributed by atoms with van der Waals surface area (Å²) in [4.78, 5) is 26.2. The molecule has 0 saturated carbocycles. The van der Waals surface area contributed by atoms with Crippen molar-refractivity contribution >= 4 is 34.0 Å². The van der Waals surface area contributed by atoms with Gasteiger partial charge >= 0.3 is 11.9 Å². The number of hydrogen-bond donors (Lipinski definition) is 2. The van der Waals surface area contributed by atoms with E-state index in [1.165, 1.54) is 18.4 Å². The van der Waals surface area contributed by atoms with Crippen LogP contribution in [-0.4, -0.2) is 51.8 Å². The first-order chi connectivity index (χ1) is 10.1. The lowest BCUT2D eigenvalue weighted by molar-refractivity contribution is 0.0528. The molecule has 0 amide bonds. The van der Waals surface area contributed by atoms with Crippen molar-refractivity contribution in [1.29, 1.82) is 0 Å². The number of anilines is 2. The molecule has 1 aromatic heterocycles. The Morgan fingerprint density at radius 2 is 2.00 bits per heavy atom. The number of thiophene rings is 1. The lowest BCUT2D eigenvalue weighted by Crippen LogP contribution is -2.43. The van der Waals surface area contributed by atoms with E-state index in [9.17, 15) is 9.59 Å². The van der Waals surface area contributed by atoms with Gasteiger partial charge in [-0.3, -0.25) is 0 Å². The standard InChI is InChI=1S/C13H19N3O4S/c1-3-20-12(17)8-9(14)10(13(18)19-2)21-11(8)16-6-4-15-5-7-16/h15H,3-7,14H2,1-2H3. The molecule has 7 nitrogen and oxygen atoms in total. The molecule has 0 aliphatic carbocycles. The van der Waals surface area contributed by atoms with Crippen molar-refractivity contribution in [3.05, 3.63) is 10.4 Å². The SMILES string of the molecule is CCOC(=O)c1c(N2CCNCC2)sc(C(=O)OC)c1N. The van der Waals surface area contributed by atoms with Crippen molar-refractivity contribution in [3.8, 4) is 0 Å². The molecule has 1 aliphatic rings. The third-order valence-electron chi connectivity index (χ3n) is 3.18. The van der Waals surface area contributed by atoms with Crippen LogP contribution in [0.1, 0.15) is 27.0 Å². The van der Waals surface area contributed by atoms with E-state index in [0.29, 0.717) is 5.00 Å². The number of carbonyl (C=O) groups excluding carboxylic acids is 2. The van der Waals surface area contributed by atoms with Crippen LogP contribution in [0.2, 0.25) is 0 Å². The van der Waals surface area contributed by atoms with E-state index in [1.807, 2.05) is 4.90 Å². The average Bonchev–Trinajstić information content (AvgIpc) is 2.85. The molecule has 8 heteroatoms. The van der Waals surface area contributed by atoms with Crippen molar-refractivity contribution in [2.75, 3.05) is 50.5 Å². The van der Waals surface area contributed by atoms with Crippen LogP contribution >= 0.6 is 11.3 Å². The molecule has 0 spiro atoms. The van der Waals surface area contributed by atoms with Crippen LogP contribution in [0.15, 0.2) is 0 Å². The molecular formula is C13H19N3O4S. The van der Waals surface area contributed by atoms with Crippen molar-refractivity contribution in [1.82, 2.24) is 5.32 Å². The molecule has 2 rings (SSSR count). The summed E-state index contributed by atoms with van der Waals surface area (Å²) in [7, 11) is 1.29. The summed E-state index contributed by atoms with van der Waals surface area (Å²) in [6.45, 7) is 5.09.